The molecule has 0 heterocycles. The number of carbonyl (C=O) groups is 1. The number of methoxy groups -OCH3 is 1. The van der Waals surface area contributed by atoms with Crippen LogP contribution in [0.25, 0.3) is 0 Å². The van der Waals surface area contributed by atoms with Gasteiger partial charge in [0.25, 0.3) is 0 Å². The molecule has 0 aromatic carbocycles. The summed E-state index contributed by atoms with van der Waals surface area (Å²) in [5.74, 6) is -2.51. The first-order chi connectivity index (χ1) is 7.98. The van der Waals surface area contributed by atoms with E-state index in [1.165, 1.54) is 0 Å². The van der Waals surface area contributed by atoms with Gasteiger partial charge in [-0.3, -0.25) is 4.79 Å². The molecule has 0 aromatic heterocycles. The van der Waals surface area contributed by atoms with Crippen molar-refractivity contribution in [3.63, 3.8) is 0 Å². The van der Waals surface area contributed by atoms with Crippen LogP contribution >= 0.6 is 0 Å². The minimum absolute atomic E-state index is 0.0246. The van der Waals surface area contributed by atoms with Gasteiger partial charge in [-0.2, -0.15) is 0 Å². The summed E-state index contributed by atoms with van der Waals surface area (Å²) in [6.45, 7) is 1.54. The third-order valence-corrected chi connectivity index (χ3v) is 3.16. The molecule has 0 amide bonds. The van der Waals surface area contributed by atoms with Crippen LogP contribution in [0.3, 0.4) is 0 Å². The van der Waals surface area contributed by atoms with Crippen LogP contribution in [-0.2, 0) is 28.8 Å². The SMILES string of the molecule is COCCOCCOCCS(=O)(=O)CC(=O)O. The second kappa shape index (κ2) is 9.34. The highest BCUT2D eigenvalue weighted by atomic mass is 32.2. The van der Waals surface area contributed by atoms with Gasteiger partial charge in [0.1, 0.15) is 5.75 Å². The van der Waals surface area contributed by atoms with E-state index < -0.39 is 21.6 Å². The first-order valence-corrected chi connectivity index (χ1v) is 6.86. The van der Waals surface area contributed by atoms with Gasteiger partial charge in [-0.15, -0.1) is 0 Å². The Morgan fingerprint density at radius 2 is 1.59 bits per heavy atom. The smallest absolute Gasteiger partial charge is 0.318 e. The van der Waals surface area contributed by atoms with Crippen molar-refractivity contribution >= 4 is 15.8 Å². The van der Waals surface area contributed by atoms with Crippen molar-refractivity contribution in [1.82, 2.24) is 0 Å². The molecule has 0 saturated carbocycles. The van der Waals surface area contributed by atoms with Gasteiger partial charge >= 0.3 is 5.97 Å². The first kappa shape index (κ1) is 16.3. The minimum Gasteiger partial charge on any atom is -0.480 e. The summed E-state index contributed by atoms with van der Waals surface area (Å²) < 4.78 is 37.0. The van der Waals surface area contributed by atoms with Crippen LogP contribution < -0.4 is 0 Å². The lowest BCUT2D eigenvalue weighted by Gasteiger charge is -2.05. The van der Waals surface area contributed by atoms with E-state index in [2.05, 4.69) is 0 Å². The van der Waals surface area contributed by atoms with Crippen LogP contribution in [0.4, 0.5) is 0 Å². The van der Waals surface area contributed by atoms with Crippen LogP contribution in [0.15, 0.2) is 0 Å². The van der Waals surface area contributed by atoms with E-state index in [0.29, 0.717) is 19.8 Å². The molecule has 17 heavy (non-hydrogen) atoms. The molecule has 0 unspecified atom stereocenters. The Kier molecular flexibility index (Phi) is 8.96. The molecule has 0 atom stereocenters. The lowest BCUT2D eigenvalue weighted by atomic mass is 10.7. The average Bonchev–Trinajstić information content (AvgIpc) is 2.20. The minimum atomic E-state index is -3.57. The van der Waals surface area contributed by atoms with E-state index in [9.17, 15) is 13.2 Å². The van der Waals surface area contributed by atoms with Crippen molar-refractivity contribution < 1.29 is 32.5 Å². The number of rotatable bonds is 11. The summed E-state index contributed by atoms with van der Waals surface area (Å²) in [6, 6.07) is 0. The quantitative estimate of drug-likeness (QED) is 0.489. The normalized spacial score (nSPS) is 11.6. The maximum Gasteiger partial charge on any atom is 0.318 e. The zero-order valence-corrected chi connectivity index (χ0v) is 10.6. The second-order valence-electron chi connectivity index (χ2n) is 3.20. The van der Waals surface area contributed by atoms with Gasteiger partial charge in [0, 0.05) is 7.11 Å². The maximum atomic E-state index is 11.1. The summed E-state index contributed by atoms with van der Waals surface area (Å²) in [5.41, 5.74) is 0. The highest BCUT2D eigenvalue weighted by molar-refractivity contribution is 7.92. The predicted molar refractivity (Wildman–Crippen MR) is 59.8 cm³/mol. The first-order valence-electron chi connectivity index (χ1n) is 5.04. The number of hydrogen-bond donors (Lipinski definition) is 1. The fourth-order valence-corrected chi connectivity index (χ4v) is 1.80. The van der Waals surface area contributed by atoms with E-state index in [-0.39, 0.29) is 19.0 Å². The predicted octanol–water partition coefficient (Wildman–Crippen LogP) is -0.835. The van der Waals surface area contributed by atoms with Crippen molar-refractivity contribution in [2.24, 2.45) is 0 Å². The molecule has 0 aromatic rings. The molecule has 0 fully saturated rings. The van der Waals surface area contributed by atoms with Gasteiger partial charge in [-0.1, -0.05) is 0 Å². The number of ether oxygens (including phenoxy) is 3. The van der Waals surface area contributed by atoms with Crippen LogP contribution in [0, 0.1) is 0 Å². The lowest BCUT2D eigenvalue weighted by Crippen LogP contribution is -2.21. The number of aliphatic carboxylic acids is 1. The Hall–Kier alpha value is -0.700. The summed E-state index contributed by atoms with van der Waals surface area (Å²) in [7, 11) is -2.00. The zero-order chi connectivity index (χ0) is 13.1. The fraction of sp³-hybridized carbons (Fsp3) is 0.889. The van der Waals surface area contributed by atoms with E-state index in [4.69, 9.17) is 19.3 Å². The molecular weight excluding hydrogens is 252 g/mol. The number of carboxylic acid groups (broad SMARTS) is 1. The lowest BCUT2D eigenvalue weighted by molar-refractivity contribution is -0.134. The zero-order valence-electron chi connectivity index (χ0n) is 9.75. The van der Waals surface area contributed by atoms with Gasteiger partial charge in [-0.25, -0.2) is 8.42 Å². The molecule has 0 aliphatic carbocycles. The maximum absolute atomic E-state index is 11.1. The molecule has 0 bridgehead atoms. The van der Waals surface area contributed by atoms with Crippen molar-refractivity contribution in [3.8, 4) is 0 Å². The third-order valence-electron chi connectivity index (χ3n) is 1.69. The van der Waals surface area contributed by atoms with E-state index in [0.717, 1.165) is 0 Å². The van der Waals surface area contributed by atoms with Gasteiger partial charge in [0.15, 0.2) is 9.84 Å². The van der Waals surface area contributed by atoms with E-state index in [1.54, 1.807) is 7.11 Å². The Morgan fingerprint density at radius 3 is 2.12 bits per heavy atom. The second-order valence-corrected chi connectivity index (χ2v) is 5.39. The van der Waals surface area contributed by atoms with Crippen molar-refractivity contribution in [1.29, 1.82) is 0 Å². The molecule has 0 saturated heterocycles. The monoisotopic (exact) mass is 270 g/mol. The summed E-state index contributed by atoms with van der Waals surface area (Å²) in [6.07, 6.45) is 0. The number of hydrogen-bond acceptors (Lipinski definition) is 6. The van der Waals surface area contributed by atoms with Crippen molar-refractivity contribution in [2.45, 2.75) is 0 Å². The molecule has 0 rings (SSSR count). The van der Waals surface area contributed by atoms with E-state index in [1.807, 2.05) is 0 Å². The van der Waals surface area contributed by atoms with Crippen molar-refractivity contribution in [3.05, 3.63) is 0 Å². The van der Waals surface area contributed by atoms with Gasteiger partial charge in [0.2, 0.25) is 0 Å². The Morgan fingerprint density at radius 1 is 1.06 bits per heavy atom. The topological polar surface area (TPSA) is 99.1 Å². The van der Waals surface area contributed by atoms with Crippen LogP contribution in [0.1, 0.15) is 0 Å². The van der Waals surface area contributed by atoms with Gasteiger partial charge in [-0.05, 0) is 0 Å². The molecule has 7 nitrogen and oxygen atoms in total. The standard InChI is InChI=1S/C9H18O7S/c1-14-2-3-15-4-5-16-6-7-17(12,13)8-9(10)11/h2-8H2,1H3,(H,10,11). The fourth-order valence-electron chi connectivity index (χ4n) is 0.910. The van der Waals surface area contributed by atoms with Crippen LogP contribution in [0.5, 0.6) is 0 Å². The van der Waals surface area contributed by atoms with Crippen LogP contribution in [0.2, 0.25) is 0 Å². The summed E-state index contributed by atoms with van der Waals surface area (Å²) in [4.78, 5) is 10.2. The summed E-state index contributed by atoms with van der Waals surface area (Å²) in [5, 5.41) is 8.32. The van der Waals surface area contributed by atoms with E-state index >= 15 is 0 Å². The molecule has 0 spiro atoms. The average molecular weight is 270 g/mol. The number of carboxylic acids is 1. The molecular formula is C9H18O7S. The molecule has 102 valence electrons. The van der Waals surface area contributed by atoms with Crippen LogP contribution in [-0.4, -0.2) is 71.1 Å². The molecule has 1 N–H and O–H groups in total. The molecule has 8 heteroatoms. The number of sulfone groups is 1. The highest BCUT2D eigenvalue weighted by Gasteiger charge is 2.15. The van der Waals surface area contributed by atoms with Crippen molar-refractivity contribution in [2.75, 3.05) is 51.6 Å². The molecule has 0 aliphatic heterocycles. The molecule has 0 aliphatic rings. The summed E-state index contributed by atoms with van der Waals surface area (Å²) >= 11 is 0. The van der Waals surface area contributed by atoms with Gasteiger partial charge < -0.3 is 19.3 Å². The largest absolute Gasteiger partial charge is 0.480 e. The highest BCUT2D eigenvalue weighted by Crippen LogP contribution is 1.91. The third kappa shape index (κ3) is 11.6. The van der Waals surface area contributed by atoms with Gasteiger partial charge in [0.05, 0.1) is 38.8 Å². The Labute approximate surface area is 101 Å². The Balaban J connectivity index is 3.42. The molecule has 0 radical (unpaired) electrons. The Bertz CT molecular complexity index is 298.